The van der Waals surface area contributed by atoms with Crippen molar-refractivity contribution in [1.82, 2.24) is 0 Å². The summed E-state index contributed by atoms with van der Waals surface area (Å²) in [6, 6.07) is 8.99. The highest BCUT2D eigenvalue weighted by Crippen LogP contribution is 2.55. The largest absolute Gasteiger partial charge is 0.504 e. The molecule has 0 aromatic heterocycles. The van der Waals surface area contributed by atoms with Crippen LogP contribution in [0, 0.1) is 5.41 Å². The van der Waals surface area contributed by atoms with Gasteiger partial charge in [-0.3, -0.25) is 9.05 Å². The molecule has 1 aliphatic heterocycles. The lowest BCUT2D eigenvalue weighted by Crippen LogP contribution is -2.43. The molecular formula is C15H21O8P2+. The first-order chi connectivity index (χ1) is 11.9. The smallest absolute Gasteiger partial charge is 0.452 e. The quantitative estimate of drug-likeness (QED) is 0.621. The number of benzene rings is 1. The molecule has 1 aliphatic rings. The number of methoxy groups -OCH3 is 1. The van der Waals surface area contributed by atoms with Gasteiger partial charge in [0, 0.05) is 7.11 Å². The topological polar surface area (TPSA) is 97.4 Å². The van der Waals surface area contributed by atoms with Gasteiger partial charge in [0.15, 0.2) is 6.66 Å². The zero-order chi connectivity index (χ0) is 18.3. The highest BCUT2D eigenvalue weighted by Gasteiger charge is 2.49. The van der Waals surface area contributed by atoms with E-state index in [-0.39, 0.29) is 33.0 Å². The molecule has 1 atom stereocenters. The third kappa shape index (κ3) is 5.68. The first-order valence-electron chi connectivity index (χ1n) is 7.52. The second kappa shape index (κ2) is 8.99. The third-order valence-corrected chi connectivity index (χ3v) is 5.52. The minimum Gasteiger partial charge on any atom is -0.452 e. The number of rotatable bonds is 8. The SMILES string of the molecule is COCC1(CO[P+](C)=O)COP(=O)(C(=O)OCc2ccccc2)OC1. The molecule has 2 rings (SSSR count). The van der Waals surface area contributed by atoms with Gasteiger partial charge in [-0.1, -0.05) is 30.3 Å². The van der Waals surface area contributed by atoms with Gasteiger partial charge in [0.2, 0.25) is 0 Å². The summed E-state index contributed by atoms with van der Waals surface area (Å²) in [6.07, 6.45) is 0. The molecule has 8 nitrogen and oxygen atoms in total. The van der Waals surface area contributed by atoms with E-state index in [9.17, 15) is 13.9 Å². The monoisotopic (exact) mass is 391 g/mol. The molecule has 1 aromatic carbocycles. The molecule has 1 heterocycles. The highest BCUT2D eigenvalue weighted by atomic mass is 31.2. The molecule has 1 fully saturated rings. The summed E-state index contributed by atoms with van der Waals surface area (Å²) in [7, 11) is -4.37. The van der Waals surface area contributed by atoms with Crippen LogP contribution < -0.4 is 0 Å². The van der Waals surface area contributed by atoms with Crippen molar-refractivity contribution in [3.05, 3.63) is 35.9 Å². The summed E-state index contributed by atoms with van der Waals surface area (Å²) in [4.78, 5) is 12.1. The predicted octanol–water partition coefficient (Wildman–Crippen LogP) is 3.58. The van der Waals surface area contributed by atoms with Gasteiger partial charge in [0.05, 0.1) is 25.2 Å². The standard InChI is InChI=1S/C15H21O8P2/c1-19-9-15(10-21-24(2)17)11-22-25(18,23-12-15)14(16)20-8-13-6-4-3-5-7-13/h3-7H,8-12H2,1-2H3/q+1. The van der Waals surface area contributed by atoms with Crippen molar-refractivity contribution >= 4 is 21.3 Å². The number of hydrogen-bond donors (Lipinski definition) is 0. The molecule has 138 valence electrons. The Hall–Kier alpha value is -1.14. The molecular weight excluding hydrogens is 370 g/mol. The van der Waals surface area contributed by atoms with Crippen LogP contribution in [0.3, 0.4) is 0 Å². The van der Waals surface area contributed by atoms with Gasteiger partial charge in [0.1, 0.15) is 13.2 Å². The normalized spacial score (nSPS) is 26.9. The van der Waals surface area contributed by atoms with Crippen LogP contribution >= 0.6 is 15.6 Å². The predicted molar refractivity (Wildman–Crippen MR) is 89.9 cm³/mol. The van der Waals surface area contributed by atoms with Crippen LogP contribution in [-0.4, -0.2) is 45.9 Å². The molecule has 0 saturated carbocycles. The molecule has 1 saturated heterocycles. The summed E-state index contributed by atoms with van der Waals surface area (Å²) in [6.45, 7) is 1.41. The Bertz CT molecular complexity index is 636. The van der Waals surface area contributed by atoms with Gasteiger partial charge in [-0.2, -0.15) is 0 Å². The Kier molecular flexibility index (Phi) is 7.25. The molecule has 10 heteroatoms. The summed E-state index contributed by atoms with van der Waals surface area (Å²) in [5.41, 5.74) is -1.07. The van der Waals surface area contributed by atoms with Gasteiger partial charge in [0.25, 0.3) is 0 Å². The minimum atomic E-state index is -4.04. The molecule has 25 heavy (non-hydrogen) atoms. The maximum Gasteiger partial charge on any atom is 0.504 e. The maximum absolute atomic E-state index is 12.5. The Morgan fingerprint density at radius 3 is 2.44 bits per heavy atom. The van der Waals surface area contributed by atoms with Crippen LogP contribution in [0.1, 0.15) is 5.56 Å². The van der Waals surface area contributed by atoms with E-state index in [1.54, 1.807) is 24.3 Å². The van der Waals surface area contributed by atoms with Crippen molar-refractivity contribution in [3.63, 3.8) is 0 Å². The lowest BCUT2D eigenvalue weighted by Gasteiger charge is -2.36. The van der Waals surface area contributed by atoms with Crippen molar-refractivity contribution in [1.29, 1.82) is 0 Å². The molecule has 0 radical (unpaired) electrons. The number of ether oxygens (including phenoxy) is 2. The average Bonchev–Trinajstić information content (AvgIpc) is 2.61. The van der Waals surface area contributed by atoms with E-state index in [0.29, 0.717) is 0 Å². The lowest BCUT2D eigenvalue weighted by molar-refractivity contribution is -0.0555. The Balaban J connectivity index is 1.94. The number of carbonyl (C=O) groups is 1. The van der Waals surface area contributed by atoms with Crippen LogP contribution in [-0.2, 0) is 38.8 Å². The van der Waals surface area contributed by atoms with Gasteiger partial charge in [-0.05, 0) is 10.1 Å². The van der Waals surface area contributed by atoms with E-state index in [1.165, 1.54) is 13.8 Å². The first-order valence-corrected chi connectivity index (χ1v) is 10.7. The second-order valence-electron chi connectivity index (χ2n) is 5.73. The molecule has 0 bridgehead atoms. The van der Waals surface area contributed by atoms with Crippen molar-refractivity contribution in [2.75, 3.05) is 40.2 Å². The summed E-state index contributed by atoms with van der Waals surface area (Å²) in [5, 5.41) is 0. The third-order valence-electron chi connectivity index (χ3n) is 3.51. The maximum atomic E-state index is 12.5. The fourth-order valence-corrected chi connectivity index (χ4v) is 4.02. The Labute approximate surface area is 147 Å². The van der Waals surface area contributed by atoms with E-state index in [2.05, 4.69) is 0 Å². The fraction of sp³-hybridized carbons (Fsp3) is 0.533. The average molecular weight is 391 g/mol. The van der Waals surface area contributed by atoms with Gasteiger partial charge < -0.3 is 9.47 Å². The van der Waals surface area contributed by atoms with Crippen LogP contribution in [0.4, 0.5) is 4.79 Å². The van der Waals surface area contributed by atoms with Crippen molar-refractivity contribution in [2.24, 2.45) is 5.41 Å². The molecule has 0 aliphatic carbocycles. The lowest BCUT2D eigenvalue weighted by atomic mass is 9.93. The number of hydrogen-bond acceptors (Lipinski definition) is 8. The van der Waals surface area contributed by atoms with Gasteiger partial charge in [-0.15, -0.1) is 4.52 Å². The minimum absolute atomic E-state index is 0.0288. The van der Waals surface area contributed by atoms with Gasteiger partial charge >= 0.3 is 21.3 Å². The van der Waals surface area contributed by atoms with E-state index in [1.807, 2.05) is 6.07 Å². The Morgan fingerprint density at radius 2 is 1.88 bits per heavy atom. The first kappa shape index (κ1) is 20.2. The fourth-order valence-electron chi connectivity index (χ4n) is 2.17. The summed E-state index contributed by atoms with van der Waals surface area (Å²) < 4.78 is 49.4. The van der Waals surface area contributed by atoms with E-state index < -0.39 is 26.7 Å². The zero-order valence-corrected chi connectivity index (χ0v) is 15.9. The second-order valence-corrected chi connectivity index (χ2v) is 8.74. The molecule has 0 spiro atoms. The molecule has 0 N–H and O–H groups in total. The van der Waals surface area contributed by atoms with Crippen LogP contribution in [0.25, 0.3) is 0 Å². The summed E-state index contributed by atoms with van der Waals surface area (Å²) >= 11 is 0. The van der Waals surface area contributed by atoms with E-state index >= 15 is 0 Å². The van der Waals surface area contributed by atoms with Crippen LogP contribution in [0.2, 0.25) is 0 Å². The van der Waals surface area contributed by atoms with E-state index in [4.69, 9.17) is 23.0 Å². The van der Waals surface area contributed by atoms with Crippen LogP contribution in [0.15, 0.2) is 30.3 Å². The van der Waals surface area contributed by atoms with Crippen molar-refractivity contribution in [3.8, 4) is 0 Å². The van der Waals surface area contributed by atoms with E-state index in [0.717, 1.165) is 5.56 Å². The Morgan fingerprint density at radius 1 is 1.24 bits per heavy atom. The van der Waals surface area contributed by atoms with Crippen LogP contribution in [0.5, 0.6) is 0 Å². The zero-order valence-electron chi connectivity index (χ0n) is 14.1. The van der Waals surface area contributed by atoms with Crippen molar-refractivity contribution in [2.45, 2.75) is 6.61 Å². The molecule has 1 unspecified atom stereocenters. The van der Waals surface area contributed by atoms with Gasteiger partial charge in [-0.25, -0.2) is 9.36 Å². The highest BCUT2D eigenvalue weighted by molar-refractivity contribution is 7.71. The molecule has 0 amide bonds. The summed E-state index contributed by atoms with van der Waals surface area (Å²) in [5.74, 6) is 0. The number of carbonyl (C=O) groups excluding carboxylic acids is 1. The molecule has 1 aromatic rings. The van der Waals surface area contributed by atoms with Crippen molar-refractivity contribution < 1.29 is 37.0 Å².